The Morgan fingerprint density at radius 1 is 1.14 bits per heavy atom. The maximum Gasteiger partial charge on any atom is 0.461 e. The third-order valence-corrected chi connectivity index (χ3v) is 4.75. The monoisotopic (exact) mass is 303 g/mol. The van der Waals surface area contributed by atoms with E-state index >= 15 is 0 Å². The van der Waals surface area contributed by atoms with E-state index in [4.69, 9.17) is 9.31 Å². The van der Waals surface area contributed by atoms with Crippen molar-refractivity contribution in [1.29, 1.82) is 0 Å². The van der Waals surface area contributed by atoms with E-state index in [0.717, 1.165) is 5.69 Å². The highest BCUT2D eigenvalue weighted by Gasteiger charge is 2.53. The zero-order valence-electron chi connectivity index (χ0n) is 14.4. The van der Waals surface area contributed by atoms with Crippen molar-refractivity contribution in [3.63, 3.8) is 0 Å². The van der Waals surface area contributed by atoms with Gasteiger partial charge in [0.2, 0.25) is 5.91 Å². The van der Waals surface area contributed by atoms with Gasteiger partial charge in [-0.25, -0.2) is 0 Å². The Morgan fingerprint density at radius 3 is 2.14 bits per heavy atom. The molecule has 0 aliphatic carbocycles. The minimum absolute atomic E-state index is 0.000266. The molecule has 1 fully saturated rings. The van der Waals surface area contributed by atoms with Crippen molar-refractivity contribution in [1.82, 2.24) is 0 Å². The smallest absolute Gasteiger partial charge is 0.403 e. The summed E-state index contributed by atoms with van der Waals surface area (Å²) in [7, 11) is 1.45. The second-order valence-corrected chi connectivity index (χ2v) is 7.09. The van der Waals surface area contributed by atoms with E-state index in [-0.39, 0.29) is 30.0 Å². The lowest BCUT2D eigenvalue weighted by atomic mass is 9.71. The number of hydrogen-bond donors (Lipinski definition) is 0. The molecule has 0 spiro atoms. The molecule has 0 bridgehead atoms. The lowest BCUT2D eigenvalue weighted by Gasteiger charge is -2.32. The van der Waals surface area contributed by atoms with E-state index < -0.39 is 0 Å². The predicted molar refractivity (Wildman–Crippen MR) is 90.0 cm³/mol. The molecule has 22 heavy (non-hydrogen) atoms. The molecule has 1 amide bonds. The van der Waals surface area contributed by atoms with Gasteiger partial charge in [0.15, 0.2) is 0 Å². The second-order valence-electron chi connectivity index (χ2n) is 7.09. The normalized spacial score (nSPS) is 20.7. The van der Waals surface area contributed by atoms with Crippen molar-refractivity contribution in [3.05, 3.63) is 30.3 Å². The van der Waals surface area contributed by atoms with E-state index in [1.54, 1.807) is 11.9 Å². The summed E-state index contributed by atoms with van der Waals surface area (Å²) in [5.74, 6) is 0.0631. The lowest BCUT2D eigenvalue weighted by Crippen LogP contribution is -2.41. The molecular formula is C17H26BNO3. The zero-order valence-corrected chi connectivity index (χ0v) is 14.4. The number of rotatable bonds is 4. The summed E-state index contributed by atoms with van der Waals surface area (Å²) in [6.07, 6.45) is 0.391. The molecule has 0 radical (unpaired) electrons. The molecule has 1 aromatic carbocycles. The van der Waals surface area contributed by atoms with Gasteiger partial charge in [0.25, 0.3) is 0 Å². The van der Waals surface area contributed by atoms with Gasteiger partial charge in [-0.15, -0.1) is 0 Å². The minimum Gasteiger partial charge on any atom is -0.403 e. The molecule has 1 atom stereocenters. The fraction of sp³-hybridized carbons (Fsp3) is 0.588. The standard InChI is InChI=1S/C17H26BNO3/c1-13(18-21-16(2,3)17(4,5)22-18)12-15(20)19(6)14-10-8-7-9-11-14/h7-11,13H,12H2,1-6H3/t13-/m1/s1. The first-order valence-corrected chi connectivity index (χ1v) is 7.81. The Kier molecular flexibility index (Phi) is 4.69. The largest absolute Gasteiger partial charge is 0.461 e. The number of anilines is 1. The van der Waals surface area contributed by atoms with E-state index in [1.165, 1.54) is 0 Å². The van der Waals surface area contributed by atoms with Crippen molar-refractivity contribution >= 4 is 18.7 Å². The first kappa shape index (κ1) is 17.0. The minimum atomic E-state index is -0.361. The maximum absolute atomic E-state index is 12.4. The van der Waals surface area contributed by atoms with Crippen molar-refractivity contribution in [2.24, 2.45) is 0 Å². The molecule has 1 aliphatic heterocycles. The Bertz CT molecular complexity index is 514. The van der Waals surface area contributed by atoms with Crippen LogP contribution >= 0.6 is 0 Å². The van der Waals surface area contributed by atoms with Crippen molar-refractivity contribution in [3.8, 4) is 0 Å². The van der Waals surface area contributed by atoms with Gasteiger partial charge in [-0.3, -0.25) is 4.79 Å². The molecular weight excluding hydrogens is 277 g/mol. The van der Waals surface area contributed by atoms with Gasteiger partial charge < -0.3 is 14.2 Å². The first-order chi connectivity index (χ1) is 10.1. The number of benzene rings is 1. The summed E-state index contributed by atoms with van der Waals surface area (Å²) in [5.41, 5.74) is 0.175. The van der Waals surface area contributed by atoms with Crippen LogP contribution in [-0.4, -0.2) is 31.3 Å². The average molecular weight is 303 g/mol. The van der Waals surface area contributed by atoms with Crippen LogP contribution in [0.2, 0.25) is 5.82 Å². The summed E-state index contributed by atoms with van der Waals surface area (Å²) >= 11 is 0. The number of carbonyl (C=O) groups excluding carboxylic acids is 1. The molecule has 0 N–H and O–H groups in total. The Labute approximate surface area is 133 Å². The molecule has 1 heterocycles. The number of para-hydroxylation sites is 1. The summed E-state index contributed by atoms with van der Waals surface area (Å²) in [5, 5.41) is 0. The highest BCUT2D eigenvalue weighted by molar-refractivity contribution is 6.47. The van der Waals surface area contributed by atoms with Crippen LogP contribution in [0, 0.1) is 0 Å². The molecule has 120 valence electrons. The molecule has 0 unspecified atom stereocenters. The van der Waals surface area contributed by atoms with Gasteiger partial charge in [0.1, 0.15) is 0 Å². The van der Waals surface area contributed by atoms with Crippen LogP contribution in [0.5, 0.6) is 0 Å². The molecule has 5 heteroatoms. The van der Waals surface area contributed by atoms with E-state index in [9.17, 15) is 4.79 Å². The lowest BCUT2D eigenvalue weighted by molar-refractivity contribution is -0.118. The summed E-state index contributed by atoms with van der Waals surface area (Å²) in [4.78, 5) is 14.1. The number of nitrogens with zero attached hydrogens (tertiary/aromatic N) is 1. The SMILES string of the molecule is C[C@H](CC(=O)N(C)c1ccccc1)B1OC(C)(C)C(C)(C)O1. The first-order valence-electron chi connectivity index (χ1n) is 7.81. The van der Waals surface area contributed by atoms with E-state index in [1.807, 2.05) is 65.0 Å². The molecule has 1 saturated heterocycles. The summed E-state index contributed by atoms with van der Waals surface area (Å²) in [6.45, 7) is 10.1. The topological polar surface area (TPSA) is 38.8 Å². The zero-order chi connectivity index (χ0) is 16.5. The van der Waals surface area contributed by atoms with Crippen LogP contribution < -0.4 is 4.90 Å². The summed E-state index contributed by atoms with van der Waals surface area (Å²) in [6, 6.07) is 9.65. The average Bonchev–Trinajstić information content (AvgIpc) is 2.67. The van der Waals surface area contributed by atoms with Gasteiger partial charge in [-0.2, -0.15) is 0 Å². The number of hydrogen-bond acceptors (Lipinski definition) is 3. The van der Waals surface area contributed by atoms with Crippen LogP contribution in [0.1, 0.15) is 41.0 Å². The Morgan fingerprint density at radius 2 is 1.64 bits per heavy atom. The van der Waals surface area contributed by atoms with Gasteiger partial charge in [0.05, 0.1) is 11.2 Å². The van der Waals surface area contributed by atoms with Crippen molar-refractivity contribution in [2.75, 3.05) is 11.9 Å². The highest BCUT2D eigenvalue weighted by atomic mass is 16.7. The summed E-state index contributed by atoms with van der Waals surface area (Å²) < 4.78 is 12.0. The Balaban J connectivity index is 1.98. The molecule has 2 rings (SSSR count). The van der Waals surface area contributed by atoms with Crippen LogP contribution in [0.4, 0.5) is 5.69 Å². The third-order valence-electron chi connectivity index (χ3n) is 4.75. The molecule has 0 aromatic heterocycles. The number of carbonyl (C=O) groups is 1. The Hall–Kier alpha value is -1.33. The van der Waals surface area contributed by atoms with Gasteiger partial charge in [-0.1, -0.05) is 25.1 Å². The van der Waals surface area contributed by atoms with Crippen molar-refractivity contribution in [2.45, 2.75) is 58.1 Å². The van der Waals surface area contributed by atoms with Crippen LogP contribution in [0.25, 0.3) is 0 Å². The second kappa shape index (κ2) is 6.05. The highest BCUT2D eigenvalue weighted by Crippen LogP contribution is 2.40. The van der Waals surface area contributed by atoms with E-state index in [0.29, 0.717) is 6.42 Å². The van der Waals surface area contributed by atoms with Crippen LogP contribution in [0.15, 0.2) is 30.3 Å². The van der Waals surface area contributed by atoms with Gasteiger partial charge in [0, 0.05) is 19.2 Å². The predicted octanol–water partition coefficient (Wildman–Crippen LogP) is 3.52. The molecule has 1 aromatic rings. The molecule has 1 aliphatic rings. The fourth-order valence-corrected chi connectivity index (χ4v) is 2.43. The van der Waals surface area contributed by atoms with E-state index in [2.05, 4.69) is 0 Å². The van der Waals surface area contributed by atoms with Gasteiger partial charge >= 0.3 is 7.12 Å². The fourth-order valence-electron chi connectivity index (χ4n) is 2.43. The maximum atomic E-state index is 12.4. The van der Waals surface area contributed by atoms with Gasteiger partial charge in [-0.05, 0) is 45.6 Å². The third kappa shape index (κ3) is 3.36. The van der Waals surface area contributed by atoms with Crippen LogP contribution in [-0.2, 0) is 14.1 Å². The molecule has 0 saturated carbocycles. The molecule has 4 nitrogen and oxygen atoms in total. The van der Waals surface area contributed by atoms with Crippen molar-refractivity contribution < 1.29 is 14.1 Å². The number of amides is 1. The van der Waals surface area contributed by atoms with Crippen LogP contribution in [0.3, 0.4) is 0 Å². The quantitative estimate of drug-likeness (QED) is 0.799.